The SMILES string of the molecule is Cc1ccsc1CNc1ccc(F)cc1F. The molecule has 0 saturated carbocycles. The summed E-state index contributed by atoms with van der Waals surface area (Å²) >= 11 is 1.62. The molecule has 0 unspecified atom stereocenters. The Morgan fingerprint density at radius 2 is 2.06 bits per heavy atom. The van der Waals surface area contributed by atoms with E-state index in [1.54, 1.807) is 11.3 Å². The summed E-state index contributed by atoms with van der Waals surface area (Å²) in [5, 5.41) is 4.95. The van der Waals surface area contributed by atoms with Gasteiger partial charge in [-0.25, -0.2) is 8.78 Å². The van der Waals surface area contributed by atoms with E-state index in [1.165, 1.54) is 17.7 Å². The first-order valence-corrected chi connectivity index (χ1v) is 5.76. The van der Waals surface area contributed by atoms with Gasteiger partial charge in [0.2, 0.25) is 0 Å². The normalized spacial score (nSPS) is 10.4. The summed E-state index contributed by atoms with van der Waals surface area (Å²) in [6, 6.07) is 5.55. The molecule has 0 fully saturated rings. The largest absolute Gasteiger partial charge is 0.378 e. The second kappa shape index (κ2) is 4.61. The summed E-state index contributed by atoms with van der Waals surface area (Å²) in [6.07, 6.45) is 0. The van der Waals surface area contributed by atoms with E-state index in [2.05, 4.69) is 5.32 Å². The number of hydrogen-bond donors (Lipinski definition) is 1. The number of nitrogens with one attached hydrogen (secondary N) is 1. The van der Waals surface area contributed by atoms with Crippen molar-refractivity contribution in [1.82, 2.24) is 0 Å². The number of thiophene rings is 1. The van der Waals surface area contributed by atoms with Crippen LogP contribution in [0, 0.1) is 18.6 Å². The van der Waals surface area contributed by atoms with Gasteiger partial charge >= 0.3 is 0 Å². The van der Waals surface area contributed by atoms with Crippen LogP contribution < -0.4 is 5.32 Å². The second-order valence-electron chi connectivity index (χ2n) is 3.50. The molecule has 1 nitrogen and oxygen atoms in total. The van der Waals surface area contributed by atoms with Crippen LogP contribution in [0.1, 0.15) is 10.4 Å². The molecular weight excluding hydrogens is 228 g/mol. The Labute approximate surface area is 96.7 Å². The van der Waals surface area contributed by atoms with Crippen molar-refractivity contribution in [2.45, 2.75) is 13.5 Å². The molecule has 2 rings (SSSR count). The van der Waals surface area contributed by atoms with Crippen molar-refractivity contribution in [2.75, 3.05) is 5.32 Å². The molecule has 0 atom stereocenters. The van der Waals surface area contributed by atoms with Crippen molar-refractivity contribution in [3.8, 4) is 0 Å². The minimum absolute atomic E-state index is 0.328. The molecule has 16 heavy (non-hydrogen) atoms. The number of halogens is 2. The summed E-state index contributed by atoms with van der Waals surface area (Å²) in [5.41, 5.74) is 1.51. The van der Waals surface area contributed by atoms with Gasteiger partial charge in [-0.2, -0.15) is 0 Å². The third-order valence-corrected chi connectivity index (χ3v) is 3.36. The Morgan fingerprint density at radius 1 is 1.25 bits per heavy atom. The van der Waals surface area contributed by atoms with Crippen molar-refractivity contribution in [3.63, 3.8) is 0 Å². The van der Waals surface area contributed by atoms with Gasteiger partial charge in [0.05, 0.1) is 5.69 Å². The lowest BCUT2D eigenvalue weighted by molar-refractivity contribution is 0.585. The fraction of sp³-hybridized carbons (Fsp3) is 0.167. The Hall–Kier alpha value is -1.42. The lowest BCUT2D eigenvalue weighted by Crippen LogP contribution is -2.01. The highest BCUT2D eigenvalue weighted by molar-refractivity contribution is 7.10. The van der Waals surface area contributed by atoms with Crippen molar-refractivity contribution < 1.29 is 8.78 Å². The third kappa shape index (κ3) is 2.39. The molecule has 84 valence electrons. The Bertz CT molecular complexity index is 494. The van der Waals surface area contributed by atoms with E-state index in [-0.39, 0.29) is 0 Å². The van der Waals surface area contributed by atoms with E-state index in [0.717, 1.165) is 10.9 Å². The molecule has 0 amide bonds. The standard InChI is InChI=1S/C12H11F2NS/c1-8-4-5-16-12(8)7-15-11-3-2-9(13)6-10(11)14/h2-6,15H,7H2,1H3. The molecule has 1 aromatic carbocycles. The Morgan fingerprint density at radius 3 is 2.69 bits per heavy atom. The van der Waals surface area contributed by atoms with E-state index in [4.69, 9.17) is 0 Å². The van der Waals surface area contributed by atoms with Crippen LogP contribution in [0.5, 0.6) is 0 Å². The minimum Gasteiger partial charge on any atom is -0.378 e. The van der Waals surface area contributed by atoms with Crippen molar-refractivity contribution in [2.24, 2.45) is 0 Å². The van der Waals surface area contributed by atoms with Crippen LogP contribution in [0.2, 0.25) is 0 Å². The summed E-state index contributed by atoms with van der Waals surface area (Å²) in [7, 11) is 0. The molecule has 1 heterocycles. The lowest BCUT2D eigenvalue weighted by atomic mass is 10.2. The fourth-order valence-electron chi connectivity index (χ4n) is 1.39. The number of anilines is 1. The minimum atomic E-state index is -0.561. The molecule has 1 aromatic heterocycles. The van der Waals surface area contributed by atoms with E-state index >= 15 is 0 Å². The van der Waals surface area contributed by atoms with Gasteiger partial charge in [-0.3, -0.25) is 0 Å². The lowest BCUT2D eigenvalue weighted by Gasteiger charge is -2.06. The molecule has 1 N–H and O–H groups in total. The molecule has 0 saturated heterocycles. The third-order valence-electron chi connectivity index (χ3n) is 2.34. The fourth-order valence-corrected chi connectivity index (χ4v) is 2.24. The quantitative estimate of drug-likeness (QED) is 0.855. The smallest absolute Gasteiger partial charge is 0.149 e. The van der Waals surface area contributed by atoms with Gasteiger partial charge < -0.3 is 5.32 Å². The maximum atomic E-state index is 13.3. The van der Waals surface area contributed by atoms with Crippen LogP contribution >= 0.6 is 11.3 Å². The van der Waals surface area contributed by atoms with Gasteiger partial charge in [0, 0.05) is 17.5 Å². The molecule has 4 heteroatoms. The zero-order chi connectivity index (χ0) is 11.5. The Kier molecular flexibility index (Phi) is 3.19. The maximum Gasteiger partial charge on any atom is 0.149 e. The first kappa shape index (κ1) is 11.1. The van der Waals surface area contributed by atoms with Crippen LogP contribution in [0.3, 0.4) is 0 Å². The number of rotatable bonds is 3. The number of aryl methyl sites for hydroxylation is 1. The van der Waals surface area contributed by atoms with E-state index < -0.39 is 11.6 Å². The number of benzene rings is 1. The molecular formula is C12H11F2NS. The molecule has 2 aromatic rings. The van der Waals surface area contributed by atoms with Crippen molar-refractivity contribution in [3.05, 3.63) is 51.7 Å². The Balaban J connectivity index is 2.08. The average Bonchev–Trinajstić information content (AvgIpc) is 2.63. The van der Waals surface area contributed by atoms with Gasteiger partial charge in [-0.05, 0) is 36.1 Å². The van der Waals surface area contributed by atoms with E-state index in [0.29, 0.717) is 12.2 Å². The average molecular weight is 239 g/mol. The predicted octanol–water partition coefficient (Wildman–Crippen LogP) is 3.95. The second-order valence-corrected chi connectivity index (χ2v) is 4.51. The summed E-state index contributed by atoms with van der Waals surface area (Å²) in [6.45, 7) is 2.57. The van der Waals surface area contributed by atoms with Gasteiger partial charge in [0.25, 0.3) is 0 Å². The first-order chi connectivity index (χ1) is 7.66. The van der Waals surface area contributed by atoms with Gasteiger partial charge in [0.1, 0.15) is 11.6 Å². The zero-order valence-electron chi connectivity index (χ0n) is 8.76. The zero-order valence-corrected chi connectivity index (χ0v) is 9.57. The highest BCUT2D eigenvalue weighted by Crippen LogP contribution is 2.19. The molecule has 0 spiro atoms. The highest BCUT2D eigenvalue weighted by atomic mass is 32.1. The molecule has 0 radical (unpaired) electrons. The maximum absolute atomic E-state index is 13.3. The summed E-state index contributed by atoms with van der Waals surface area (Å²) < 4.78 is 25.9. The van der Waals surface area contributed by atoms with Crippen LogP contribution in [-0.4, -0.2) is 0 Å². The van der Waals surface area contributed by atoms with Crippen LogP contribution in [0.15, 0.2) is 29.6 Å². The van der Waals surface area contributed by atoms with Crippen molar-refractivity contribution in [1.29, 1.82) is 0 Å². The highest BCUT2D eigenvalue weighted by Gasteiger charge is 2.04. The van der Waals surface area contributed by atoms with Crippen LogP contribution in [-0.2, 0) is 6.54 Å². The predicted molar refractivity (Wildman–Crippen MR) is 62.7 cm³/mol. The monoisotopic (exact) mass is 239 g/mol. The first-order valence-electron chi connectivity index (χ1n) is 4.88. The van der Waals surface area contributed by atoms with Gasteiger partial charge in [-0.15, -0.1) is 11.3 Å². The molecule has 0 bridgehead atoms. The van der Waals surface area contributed by atoms with Crippen LogP contribution in [0.4, 0.5) is 14.5 Å². The number of hydrogen-bond acceptors (Lipinski definition) is 2. The van der Waals surface area contributed by atoms with E-state index in [1.807, 2.05) is 18.4 Å². The van der Waals surface area contributed by atoms with Crippen molar-refractivity contribution >= 4 is 17.0 Å². The van der Waals surface area contributed by atoms with Crippen LogP contribution in [0.25, 0.3) is 0 Å². The van der Waals surface area contributed by atoms with Gasteiger partial charge in [-0.1, -0.05) is 0 Å². The summed E-state index contributed by atoms with van der Waals surface area (Å²) in [5.74, 6) is -1.12. The summed E-state index contributed by atoms with van der Waals surface area (Å²) in [4.78, 5) is 1.16. The molecule has 0 aliphatic heterocycles. The molecule has 0 aliphatic carbocycles. The van der Waals surface area contributed by atoms with E-state index in [9.17, 15) is 8.78 Å². The topological polar surface area (TPSA) is 12.0 Å². The molecule has 0 aliphatic rings. The van der Waals surface area contributed by atoms with Gasteiger partial charge in [0.15, 0.2) is 0 Å².